The first-order chi connectivity index (χ1) is 12.1. The molecule has 2 N–H and O–H groups in total. The molecule has 0 aliphatic rings. The van der Waals surface area contributed by atoms with Crippen LogP contribution in [0.3, 0.4) is 0 Å². The summed E-state index contributed by atoms with van der Waals surface area (Å²) in [5, 5.41) is 10.7. The minimum atomic E-state index is -0.239. The van der Waals surface area contributed by atoms with Gasteiger partial charge in [-0.15, -0.1) is 0 Å². The molecule has 1 heterocycles. The van der Waals surface area contributed by atoms with E-state index in [-0.39, 0.29) is 11.9 Å². The van der Waals surface area contributed by atoms with Crippen LogP contribution in [-0.4, -0.2) is 21.1 Å². The molecule has 6 heteroatoms. The first-order valence-electron chi connectivity index (χ1n) is 8.13. The van der Waals surface area contributed by atoms with Crippen molar-refractivity contribution in [1.82, 2.24) is 20.5 Å². The number of aromatic amines is 1. The van der Waals surface area contributed by atoms with E-state index in [1.165, 1.54) is 0 Å². The number of aryl methyl sites for hydroxylation is 1. The molecule has 3 aromatic rings. The highest BCUT2D eigenvalue weighted by Crippen LogP contribution is 2.19. The maximum Gasteiger partial charge on any atom is 0.220 e. The number of amides is 1. The van der Waals surface area contributed by atoms with Gasteiger partial charge in [-0.1, -0.05) is 41.9 Å². The maximum absolute atomic E-state index is 12.1. The van der Waals surface area contributed by atoms with E-state index in [2.05, 4.69) is 20.5 Å². The Morgan fingerprint density at radius 3 is 2.60 bits per heavy atom. The van der Waals surface area contributed by atoms with Gasteiger partial charge in [0.15, 0.2) is 5.82 Å². The Morgan fingerprint density at radius 2 is 1.88 bits per heavy atom. The molecule has 1 atom stereocenters. The standard InChI is InChI=1S/C19H19ClN4O/c1-13(21-17(25)12-7-14-5-3-2-4-6-14)18-22-19(24-23-18)15-8-10-16(20)11-9-15/h2-6,8-11,13H,7,12H2,1H3,(H,21,25)(H,22,23,24)/t13-/m1/s1. The van der Waals surface area contributed by atoms with E-state index in [1.807, 2.05) is 49.4 Å². The molecule has 0 radical (unpaired) electrons. The van der Waals surface area contributed by atoms with Crippen molar-refractivity contribution in [3.05, 3.63) is 71.0 Å². The van der Waals surface area contributed by atoms with Crippen LogP contribution in [0.15, 0.2) is 54.6 Å². The van der Waals surface area contributed by atoms with Crippen LogP contribution in [0.5, 0.6) is 0 Å². The fourth-order valence-electron chi connectivity index (χ4n) is 2.48. The normalized spacial score (nSPS) is 11.9. The molecule has 0 aliphatic heterocycles. The summed E-state index contributed by atoms with van der Waals surface area (Å²) >= 11 is 5.89. The molecule has 2 aromatic carbocycles. The Labute approximate surface area is 151 Å². The third-order valence-electron chi connectivity index (χ3n) is 3.88. The Hall–Kier alpha value is -2.66. The van der Waals surface area contributed by atoms with Gasteiger partial charge in [0.25, 0.3) is 0 Å². The van der Waals surface area contributed by atoms with Gasteiger partial charge in [-0.3, -0.25) is 9.89 Å². The van der Waals surface area contributed by atoms with Crippen molar-refractivity contribution in [2.45, 2.75) is 25.8 Å². The summed E-state index contributed by atoms with van der Waals surface area (Å²) in [5.41, 5.74) is 2.02. The molecule has 0 unspecified atom stereocenters. The van der Waals surface area contributed by atoms with E-state index in [0.29, 0.717) is 29.5 Å². The third-order valence-corrected chi connectivity index (χ3v) is 4.13. The summed E-state index contributed by atoms with van der Waals surface area (Å²) in [7, 11) is 0. The monoisotopic (exact) mass is 354 g/mol. The Kier molecular flexibility index (Phi) is 5.46. The second-order valence-corrected chi connectivity index (χ2v) is 6.26. The first-order valence-corrected chi connectivity index (χ1v) is 8.51. The summed E-state index contributed by atoms with van der Waals surface area (Å²) in [6.45, 7) is 1.88. The molecular formula is C19H19ClN4O. The van der Waals surface area contributed by atoms with Crippen LogP contribution >= 0.6 is 11.6 Å². The predicted octanol–water partition coefficient (Wildman–Crippen LogP) is 3.94. The number of carbonyl (C=O) groups excluding carboxylic acids is 1. The zero-order valence-electron chi connectivity index (χ0n) is 13.9. The predicted molar refractivity (Wildman–Crippen MR) is 98.1 cm³/mol. The lowest BCUT2D eigenvalue weighted by Crippen LogP contribution is -2.27. The van der Waals surface area contributed by atoms with Crippen LogP contribution in [0, 0.1) is 0 Å². The van der Waals surface area contributed by atoms with Crippen LogP contribution < -0.4 is 5.32 Å². The molecule has 5 nitrogen and oxygen atoms in total. The van der Waals surface area contributed by atoms with Gasteiger partial charge in [0, 0.05) is 17.0 Å². The molecule has 1 aromatic heterocycles. The Morgan fingerprint density at radius 1 is 1.16 bits per heavy atom. The number of nitrogens with one attached hydrogen (secondary N) is 2. The number of halogens is 1. The largest absolute Gasteiger partial charge is 0.346 e. The van der Waals surface area contributed by atoms with Gasteiger partial charge < -0.3 is 5.32 Å². The zero-order valence-corrected chi connectivity index (χ0v) is 14.6. The molecule has 0 aliphatic carbocycles. The smallest absolute Gasteiger partial charge is 0.220 e. The molecule has 0 fully saturated rings. The topological polar surface area (TPSA) is 70.7 Å². The lowest BCUT2D eigenvalue weighted by molar-refractivity contribution is -0.121. The van der Waals surface area contributed by atoms with Crippen molar-refractivity contribution in [2.75, 3.05) is 0 Å². The van der Waals surface area contributed by atoms with Gasteiger partial charge in [0.1, 0.15) is 5.82 Å². The molecule has 0 bridgehead atoms. The van der Waals surface area contributed by atoms with Gasteiger partial charge in [0.05, 0.1) is 6.04 Å². The molecule has 0 saturated carbocycles. The van der Waals surface area contributed by atoms with Gasteiger partial charge in [-0.25, -0.2) is 4.98 Å². The van der Waals surface area contributed by atoms with E-state index in [9.17, 15) is 4.79 Å². The number of carbonyl (C=O) groups is 1. The van der Waals surface area contributed by atoms with E-state index in [0.717, 1.165) is 11.1 Å². The molecule has 0 saturated heterocycles. The molecule has 0 spiro atoms. The van der Waals surface area contributed by atoms with E-state index in [1.54, 1.807) is 12.1 Å². The van der Waals surface area contributed by atoms with Crippen LogP contribution in [-0.2, 0) is 11.2 Å². The highest BCUT2D eigenvalue weighted by Gasteiger charge is 2.14. The Balaban J connectivity index is 1.57. The fraction of sp³-hybridized carbons (Fsp3) is 0.211. The lowest BCUT2D eigenvalue weighted by atomic mass is 10.1. The van der Waals surface area contributed by atoms with Gasteiger partial charge in [-0.05, 0) is 43.2 Å². The SMILES string of the molecule is C[C@@H](NC(=O)CCc1ccccc1)c1nc(-c2ccc(Cl)cc2)n[nH]1. The van der Waals surface area contributed by atoms with Crippen molar-refractivity contribution in [3.8, 4) is 11.4 Å². The quantitative estimate of drug-likeness (QED) is 0.704. The molecular weight excluding hydrogens is 336 g/mol. The number of rotatable bonds is 6. The number of benzene rings is 2. The second-order valence-electron chi connectivity index (χ2n) is 5.83. The molecule has 128 valence electrons. The van der Waals surface area contributed by atoms with Crippen molar-refractivity contribution < 1.29 is 4.79 Å². The molecule has 3 rings (SSSR count). The fourth-order valence-corrected chi connectivity index (χ4v) is 2.61. The van der Waals surface area contributed by atoms with E-state index in [4.69, 9.17) is 11.6 Å². The van der Waals surface area contributed by atoms with Crippen LogP contribution in [0.25, 0.3) is 11.4 Å². The summed E-state index contributed by atoms with van der Waals surface area (Å²) in [4.78, 5) is 16.6. The highest BCUT2D eigenvalue weighted by molar-refractivity contribution is 6.30. The van der Waals surface area contributed by atoms with Gasteiger partial charge in [0.2, 0.25) is 5.91 Å². The summed E-state index contributed by atoms with van der Waals surface area (Å²) in [6.07, 6.45) is 1.15. The highest BCUT2D eigenvalue weighted by atomic mass is 35.5. The van der Waals surface area contributed by atoms with Crippen molar-refractivity contribution in [2.24, 2.45) is 0 Å². The van der Waals surface area contributed by atoms with Crippen LogP contribution in [0.4, 0.5) is 0 Å². The number of nitrogens with zero attached hydrogens (tertiary/aromatic N) is 2. The van der Waals surface area contributed by atoms with Crippen molar-refractivity contribution >= 4 is 17.5 Å². The van der Waals surface area contributed by atoms with Gasteiger partial charge in [-0.2, -0.15) is 5.10 Å². The lowest BCUT2D eigenvalue weighted by Gasteiger charge is -2.11. The third kappa shape index (κ3) is 4.67. The second kappa shape index (κ2) is 7.94. The Bertz CT molecular complexity index is 830. The summed E-state index contributed by atoms with van der Waals surface area (Å²) in [5.74, 6) is 1.19. The average Bonchev–Trinajstić information content (AvgIpc) is 3.12. The van der Waals surface area contributed by atoms with Gasteiger partial charge >= 0.3 is 0 Å². The van der Waals surface area contributed by atoms with Crippen molar-refractivity contribution in [3.63, 3.8) is 0 Å². The van der Waals surface area contributed by atoms with Crippen LogP contribution in [0.1, 0.15) is 30.8 Å². The molecule has 1 amide bonds. The molecule has 25 heavy (non-hydrogen) atoms. The van der Waals surface area contributed by atoms with Crippen LogP contribution in [0.2, 0.25) is 5.02 Å². The minimum Gasteiger partial charge on any atom is -0.346 e. The zero-order chi connectivity index (χ0) is 17.6. The first kappa shape index (κ1) is 17.2. The van der Waals surface area contributed by atoms with E-state index >= 15 is 0 Å². The summed E-state index contributed by atoms with van der Waals surface area (Å²) in [6, 6.07) is 17.0. The average molecular weight is 355 g/mol. The number of hydrogen-bond acceptors (Lipinski definition) is 3. The maximum atomic E-state index is 12.1. The summed E-state index contributed by atoms with van der Waals surface area (Å²) < 4.78 is 0. The number of H-pyrrole nitrogens is 1. The van der Waals surface area contributed by atoms with Crippen molar-refractivity contribution in [1.29, 1.82) is 0 Å². The number of aromatic nitrogens is 3. The minimum absolute atomic E-state index is 0.0132. The number of hydrogen-bond donors (Lipinski definition) is 2. The van der Waals surface area contributed by atoms with E-state index < -0.39 is 0 Å².